The Morgan fingerprint density at radius 3 is 1.24 bits per heavy atom. The van der Waals surface area contributed by atoms with Crippen LogP contribution in [-0.4, -0.2) is 103 Å². The van der Waals surface area contributed by atoms with Gasteiger partial charge in [0, 0.05) is 80.2 Å². The quantitative estimate of drug-likeness (QED) is 0.0391. The molecule has 0 bridgehead atoms. The average molecular weight is 1360 g/mol. The molecule has 3 aromatic heterocycles. The minimum atomic E-state index is -3.18. The summed E-state index contributed by atoms with van der Waals surface area (Å²) in [6.07, 6.45) is -7.48. The lowest BCUT2D eigenvalue weighted by atomic mass is 9.98. The van der Waals surface area contributed by atoms with E-state index in [1.54, 1.807) is 41.5 Å². The highest BCUT2D eigenvalue weighted by atomic mass is 35.5. The molecule has 0 unspecified atom stereocenters. The van der Waals surface area contributed by atoms with Gasteiger partial charge in [0.1, 0.15) is 51.4 Å². The zero-order valence-corrected chi connectivity index (χ0v) is 52.0. The molecule has 0 aliphatic heterocycles. The van der Waals surface area contributed by atoms with E-state index in [1.807, 2.05) is 0 Å². The summed E-state index contributed by atoms with van der Waals surface area (Å²) in [5.41, 5.74) is -10.4. The Morgan fingerprint density at radius 2 is 0.828 bits per heavy atom. The van der Waals surface area contributed by atoms with Crippen molar-refractivity contribution in [3.05, 3.63) is 223 Å². The molecular weight excluding hydrogens is 1270 g/mol. The number of hydrogen-bond donors (Lipinski definition) is 6. The number of halogens is 6. The van der Waals surface area contributed by atoms with Gasteiger partial charge in [-0.2, -0.15) is 0 Å². The fourth-order valence-electron chi connectivity index (χ4n) is 9.75. The summed E-state index contributed by atoms with van der Waals surface area (Å²) in [5, 5.41) is 56.3. The van der Waals surface area contributed by atoms with Gasteiger partial charge in [0.2, 0.25) is 16.3 Å². The smallest absolute Gasteiger partial charge is 0.341 e. The van der Waals surface area contributed by atoms with Gasteiger partial charge in [-0.05, 0) is 87.5 Å². The maximum Gasteiger partial charge on any atom is 0.341 e. The first-order chi connectivity index (χ1) is 51.1. The van der Waals surface area contributed by atoms with Crippen LogP contribution in [0, 0.1) is 35.2 Å². The van der Waals surface area contributed by atoms with Crippen LogP contribution in [0.1, 0.15) is 149 Å². The number of benzene rings is 6. The Balaban J connectivity index is 0.000000231. The third-order valence-electron chi connectivity index (χ3n) is 14.7. The lowest BCUT2D eigenvalue weighted by molar-refractivity contribution is 0.0683. The molecule has 0 radical (unpaired) electrons. The van der Waals surface area contributed by atoms with E-state index >= 15 is 0 Å². The number of carbonyl (C=O) groups is 3. The van der Waals surface area contributed by atoms with Crippen molar-refractivity contribution in [1.29, 1.82) is 0 Å². The predicted octanol–water partition coefficient (Wildman–Crippen LogP) is 12.8. The monoisotopic (exact) mass is 1360 g/mol. The van der Waals surface area contributed by atoms with Gasteiger partial charge in [0.05, 0.1) is 107 Å². The number of fused-ring (bicyclic) bond motifs is 3. The number of rotatable bonds is 21. The van der Waals surface area contributed by atoms with Crippen LogP contribution in [0.15, 0.2) is 124 Å². The topological polar surface area (TPSA) is 266 Å². The minimum absolute atomic E-state index is 0.168. The number of methoxy groups -OCH3 is 3. The number of aliphatic hydroxyl groups excluding tert-OH is 3. The molecule has 3 atom stereocenters. The third kappa shape index (κ3) is 15.4. The summed E-state index contributed by atoms with van der Waals surface area (Å²) < 4.78 is 209. The normalized spacial score (nSPS) is 16.1. The van der Waals surface area contributed by atoms with Crippen LogP contribution in [0.3, 0.4) is 0 Å². The first-order valence-corrected chi connectivity index (χ1v) is 28.8. The van der Waals surface area contributed by atoms with E-state index in [0.717, 1.165) is 65.5 Å². The number of aromatic nitrogens is 3. The number of ether oxygens (including phenoxy) is 3. The van der Waals surface area contributed by atoms with Crippen LogP contribution in [0.25, 0.3) is 32.7 Å². The Hall–Kier alpha value is -8.70. The number of aromatic carboxylic acids is 3. The van der Waals surface area contributed by atoms with Crippen molar-refractivity contribution in [1.82, 2.24) is 13.7 Å². The first-order valence-electron chi connectivity index (χ1n) is 36.7. The third-order valence-corrected chi connectivity index (χ3v) is 15.6. The van der Waals surface area contributed by atoms with Gasteiger partial charge < -0.3 is 58.6 Å². The number of carboxylic acid groups (broad SMARTS) is 3. The Kier molecular flexibility index (Phi) is 16.5. The van der Waals surface area contributed by atoms with Crippen LogP contribution in [0.2, 0.25) is 15.1 Å². The molecule has 0 amide bonds. The van der Waals surface area contributed by atoms with Crippen molar-refractivity contribution in [3.63, 3.8) is 0 Å². The molecule has 6 aromatic carbocycles. The van der Waals surface area contributed by atoms with E-state index in [9.17, 15) is 72.6 Å². The molecule has 0 fully saturated rings. The number of hydrogen-bond acceptors (Lipinski definition) is 12. The minimum Gasteiger partial charge on any atom is -0.496 e. The highest BCUT2D eigenvalue weighted by Gasteiger charge is 2.27. The number of aliphatic hydroxyl groups is 3. The van der Waals surface area contributed by atoms with Gasteiger partial charge in [0.15, 0.2) is 0 Å². The zero-order valence-electron chi connectivity index (χ0n) is 67.7. The summed E-state index contributed by atoms with van der Waals surface area (Å²) in [7, 11) is -9.42. The highest BCUT2D eigenvalue weighted by molar-refractivity contribution is 6.31. The van der Waals surface area contributed by atoms with Crippen molar-refractivity contribution in [3.8, 4) is 17.2 Å². The van der Waals surface area contributed by atoms with Gasteiger partial charge in [0.25, 0.3) is 0 Å². The Bertz CT molecular complexity index is 5350. The van der Waals surface area contributed by atoms with Crippen molar-refractivity contribution in [2.45, 2.75) is 78.8 Å². The summed E-state index contributed by atoms with van der Waals surface area (Å²) >= 11 is 17.5. The standard InChI is InChI=1S/3C23H23ClFNO5/c3*1-12(2)19(11-27)26-10-16(23(29)30)22(28)15-8-14(20(31-3)9-18(15)26)7-13-5-4-6-17(24)21(13)25/h3*4-6,8-10,12,19,27H,7,11H2,1-3H3,(H,29,30)/t3*19-/m111/s1/i3D3,7D2,10D;3D3,7D2,9D;3D3,7D2,8D. The zero-order chi connectivity index (χ0) is 84.1. The van der Waals surface area contributed by atoms with Crippen LogP contribution < -0.4 is 30.5 Å². The largest absolute Gasteiger partial charge is 0.496 e. The lowest BCUT2D eigenvalue weighted by Gasteiger charge is -2.25. The average Bonchev–Trinajstić information content (AvgIpc) is 0.736. The van der Waals surface area contributed by atoms with Crippen molar-refractivity contribution in [2.75, 3.05) is 40.9 Å². The number of nitrogens with zero attached hydrogens (tertiary/aromatic N) is 3. The van der Waals surface area contributed by atoms with E-state index in [0.29, 0.717) is 0 Å². The molecule has 9 rings (SSSR count). The highest BCUT2D eigenvalue weighted by Crippen LogP contribution is 2.36. The summed E-state index contributed by atoms with van der Waals surface area (Å²) in [4.78, 5) is 75.3. The van der Waals surface area contributed by atoms with Gasteiger partial charge in [-0.1, -0.05) is 113 Å². The van der Waals surface area contributed by atoms with Crippen LogP contribution in [-0.2, 0) is 19.1 Å². The fraction of sp³-hybridized carbons (Fsp3) is 0.304. The molecule has 0 saturated heterocycles. The van der Waals surface area contributed by atoms with Crippen LogP contribution in [0.4, 0.5) is 13.2 Å². The fourth-order valence-corrected chi connectivity index (χ4v) is 10.3. The molecule has 0 saturated carbocycles. The molecule has 0 spiro atoms. The molecule has 0 aliphatic carbocycles. The number of carboxylic acids is 3. The van der Waals surface area contributed by atoms with E-state index in [1.165, 1.54) is 39.5 Å². The maximum absolute atomic E-state index is 14.9. The Morgan fingerprint density at radius 1 is 0.484 bits per heavy atom. The van der Waals surface area contributed by atoms with Gasteiger partial charge >= 0.3 is 17.9 Å². The molecule has 3 heterocycles. The van der Waals surface area contributed by atoms with E-state index in [-0.39, 0.29) is 34.3 Å². The molecule has 18 nitrogen and oxygen atoms in total. The second kappa shape index (κ2) is 30.8. The summed E-state index contributed by atoms with van der Waals surface area (Å²) in [5.74, 6) is -11.6. The van der Waals surface area contributed by atoms with E-state index in [4.69, 9.17) is 73.7 Å². The summed E-state index contributed by atoms with van der Waals surface area (Å²) in [6, 6.07) is 9.95. The second-order valence-corrected chi connectivity index (χ2v) is 22.8. The number of pyridine rings is 3. The van der Waals surface area contributed by atoms with E-state index in [2.05, 4.69) is 0 Å². The predicted molar refractivity (Wildman–Crippen MR) is 351 cm³/mol. The van der Waals surface area contributed by atoms with E-state index < -0.39 is 247 Å². The maximum atomic E-state index is 14.9. The second-order valence-electron chi connectivity index (χ2n) is 21.5. The molecular formula is C69H69Cl3F3N3O15. The van der Waals surface area contributed by atoms with Gasteiger partial charge in [-0.15, -0.1) is 0 Å². The first kappa shape index (κ1) is 49.9. The molecule has 93 heavy (non-hydrogen) atoms. The van der Waals surface area contributed by atoms with Crippen LogP contribution in [0.5, 0.6) is 17.2 Å². The molecule has 0 aliphatic rings. The molecule has 492 valence electrons. The van der Waals surface area contributed by atoms with Crippen molar-refractivity contribution in [2.24, 2.45) is 17.8 Å². The lowest BCUT2D eigenvalue weighted by Crippen LogP contribution is -2.25. The molecule has 9 aromatic rings. The Labute approximate surface area is 572 Å². The van der Waals surface area contributed by atoms with Crippen molar-refractivity contribution >= 4 is 85.4 Å². The SMILES string of the molecule is [2H]c1c(C(=O)O)c(=O)c2cc(C([2H])([2H])c3cccc(Cl)c3F)c(OC([2H])([2H])[2H])cc2n1[C@H](CO)C(C)C.[2H]c1c(C([2H])([2H])c2cccc(Cl)c2F)c(OC([2H])([2H])[2H])cc2c1c(=O)c(C(=O)O)cn2[C@H](CO)C(C)C.[2H]c1c(OC([2H])([2H])[2H])c(C([2H])([2H])c2cccc(Cl)c2F)cc2c(=O)c(C(=O)O)cn([C@H](CO)C(C)C)c12. The van der Waals surface area contributed by atoms with Crippen LogP contribution >= 0.6 is 34.8 Å². The van der Waals surface area contributed by atoms with Gasteiger partial charge in [-0.25, -0.2) is 27.6 Å². The summed E-state index contributed by atoms with van der Waals surface area (Å²) in [6.45, 7) is 8.58. The van der Waals surface area contributed by atoms with Crippen molar-refractivity contribution < 1.29 is 97.1 Å². The van der Waals surface area contributed by atoms with Gasteiger partial charge in [-0.3, -0.25) is 14.4 Å². The molecule has 24 heteroatoms. The molecule has 6 N–H and O–H groups in total.